The summed E-state index contributed by atoms with van der Waals surface area (Å²) in [4.78, 5) is 14.7. The molecule has 1 heterocycles. The highest BCUT2D eigenvalue weighted by Crippen LogP contribution is 2.48. The van der Waals surface area contributed by atoms with E-state index in [9.17, 15) is 18.0 Å². The van der Waals surface area contributed by atoms with E-state index in [1.165, 1.54) is 12.1 Å². The fourth-order valence-electron chi connectivity index (χ4n) is 3.58. The Balaban J connectivity index is 1.33. The maximum Gasteiger partial charge on any atom is 0.416 e. The maximum atomic E-state index is 12.7. The van der Waals surface area contributed by atoms with Crippen molar-refractivity contribution in [2.45, 2.75) is 18.5 Å². The molecule has 2 aliphatic rings. The fourth-order valence-corrected chi connectivity index (χ4v) is 3.58. The molecule has 0 unspecified atom stereocenters. The molecule has 0 spiro atoms. The molecule has 0 radical (unpaired) electrons. The van der Waals surface area contributed by atoms with Crippen molar-refractivity contribution in [1.82, 2.24) is 0 Å². The molecule has 2 aromatic rings. The van der Waals surface area contributed by atoms with Gasteiger partial charge in [-0.1, -0.05) is 12.1 Å². The normalized spacial score (nSPS) is 22.0. The van der Waals surface area contributed by atoms with Crippen molar-refractivity contribution in [2.24, 2.45) is 5.92 Å². The summed E-state index contributed by atoms with van der Waals surface area (Å²) >= 11 is 0. The lowest BCUT2D eigenvalue weighted by Gasteiger charge is -2.28. The number of morpholine rings is 1. The van der Waals surface area contributed by atoms with Crippen LogP contribution in [-0.4, -0.2) is 32.2 Å². The molecule has 0 aromatic heterocycles. The second kappa shape index (κ2) is 7.47. The fraction of sp³-hybridized carbons (Fsp3) is 0.381. The van der Waals surface area contributed by atoms with E-state index < -0.39 is 11.7 Å². The van der Waals surface area contributed by atoms with Gasteiger partial charge in [-0.15, -0.1) is 0 Å². The molecule has 1 saturated carbocycles. The zero-order valence-electron chi connectivity index (χ0n) is 15.2. The van der Waals surface area contributed by atoms with E-state index in [4.69, 9.17) is 4.74 Å². The van der Waals surface area contributed by atoms with Crippen molar-refractivity contribution in [3.63, 3.8) is 0 Å². The van der Waals surface area contributed by atoms with Crippen LogP contribution in [0.15, 0.2) is 48.5 Å². The summed E-state index contributed by atoms with van der Waals surface area (Å²) in [6, 6.07) is 12.8. The summed E-state index contributed by atoms with van der Waals surface area (Å²) in [6.07, 6.45) is -3.69. The molecule has 4 rings (SSSR count). The first-order valence-electron chi connectivity index (χ1n) is 9.32. The largest absolute Gasteiger partial charge is 0.416 e. The average Bonchev–Trinajstić information content (AvgIpc) is 3.50. The van der Waals surface area contributed by atoms with Gasteiger partial charge in [-0.25, -0.2) is 0 Å². The standard InChI is InChI=1S/C21H21F3N2O2/c22-21(23,24)15-3-1-14(2-4-15)18-13-19(18)20(27)25-16-5-7-17(8-6-16)26-9-11-28-12-10-26/h1-8,18-19H,9-13H2,(H,25,27)/t18-,19+/m1/s1. The van der Waals surface area contributed by atoms with Crippen LogP contribution in [0.3, 0.4) is 0 Å². The molecule has 2 atom stereocenters. The van der Waals surface area contributed by atoms with E-state index in [0.717, 1.165) is 42.2 Å². The molecule has 1 aliphatic heterocycles. The molecule has 0 bridgehead atoms. The van der Waals surface area contributed by atoms with Gasteiger partial charge in [0.2, 0.25) is 5.91 Å². The highest BCUT2D eigenvalue weighted by molar-refractivity contribution is 5.95. The first-order valence-corrected chi connectivity index (χ1v) is 9.32. The minimum atomic E-state index is -4.34. The number of alkyl halides is 3. The number of benzene rings is 2. The number of hydrogen-bond acceptors (Lipinski definition) is 3. The monoisotopic (exact) mass is 390 g/mol. The van der Waals surface area contributed by atoms with Gasteiger partial charge >= 0.3 is 6.18 Å². The maximum absolute atomic E-state index is 12.7. The van der Waals surface area contributed by atoms with E-state index in [-0.39, 0.29) is 17.7 Å². The molecule has 148 valence electrons. The lowest BCUT2D eigenvalue weighted by molar-refractivity contribution is -0.137. The van der Waals surface area contributed by atoms with Crippen LogP contribution in [0.5, 0.6) is 0 Å². The Morgan fingerprint density at radius 3 is 2.25 bits per heavy atom. The first-order chi connectivity index (χ1) is 13.4. The first kappa shape index (κ1) is 18.8. The second-order valence-corrected chi connectivity index (χ2v) is 7.20. The lowest BCUT2D eigenvalue weighted by atomic mass is 10.1. The topological polar surface area (TPSA) is 41.6 Å². The zero-order valence-corrected chi connectivity index (χ0v) is 15.2. The minimum absolute atomic E-state index is 0.0186. The molecule has 28 heavy (non-hydrogen) atoms. The number of halogens is 3. The number of ether oxygens (including phenoxy) is 1. The van der Waals surface area contributed by atoms with Crippen LogP contribution < -0.4 is 10.2 Å². The van der Waals surface area contributed by atoms with Gasteiger partial charge in [-0.05, 0) is 54.3 Å². The smallest absolute Gasteiger partial charge is 0.378 e. The van der Waals surface area contributed by atoms with Crippen LogP contribution in [0.1, 0.15) is 23.5 Å². The summed E-state index contributed by atoms with van der Waals surface area (Å²) in [5, 5.41) is 2.91. The van der Waals surface area contributed by atoms with Gasteiger partial charge in [0.1, 0.15) is 0 Å². The summed E-state index contributed by atoms with van der Waals surface area (Å²) < 4.78 is 43.3. The quantitative estimate of drug-likeness (QED) is 0.847. The molecule has 1 amide bonds. The number of hydrogen-bond donors (Lipinski definition) is 1. The highest BCUT2D eigenvalue weighted by Gasteiger charge is 2.44. The Labute approximate surface area is 161 Å². The van der Waals surface area contributed by atoms with Crippen molar-refractivity contribution in [3.8, 4) is 0 Å². The molecule has 7 heteroatoms. The number of carbonyl (C=O) groups excluding carboxylic acids is 1. The summed E-state index contributed by atoms with van der Waals surface area (Å²) in [5.41, 5.74) is 1.92. The van der Waals surface area contributed by atoms with E-state index >= 15 is 0 Å². The predicted molar refractivity (Wildman–Crippen MR) is 100 cm³/mol. The molecule has 2 aromatic carbocycles. The zero-order chi connectivity index (χ0) is 19.7. The van der Waals surface area contributed by atoms with Gasteiger partial charge in [-0.2, -0.15) is 13.2 Å². The van der Waals surface area contributed by atoms with Crippen LogP contribution in [0, 0.1) is 5.92 Å². The predicted octanol–water partition coefficient (Wildman–Crippen LogP) is 4.28. The molecule has 1 N–H and O–H groups in total. The number of rotatable bonds is 4. The van der Waals surface area contributed by atoms with Crippen LogP contribution in [0.25, 0.3) is 0 Å². The van der Waals surface area contributed by atoms with Crippen LogP contribution in [0.4, 0.5) is 24.5 Å². The van der Waals surface area contributed by atoms with E-state index in [1.54, 1.807) is 0 Å². The van der Waals surface area contributed by atoms with Gasteiger partial charge in [0.25, 0.3) is 0 Å². The van der Waals surface area contributed by atoms with Crippen molar-refractivity contribution in [1.29, 1.82) is 0 Å². The van der Waals surface area contributed by atoms with Crippen molar-refractivity contribution in [3.05, 3.63) is 59.7 Å². The number of nitrogens with one attached hydrogen (secondary N) is 1. The molecule has 4 nitrogen and oxygen atoms in total. The molecular formula is C21H21F3N2O2. The van der Waals surface area contributed by atoms with Crippen molar-refractivity contribution in [2.75, 3.05) is 36.5 Å². The summed E-state index contributed by atoms with van der Waals surface area (Å²) in [6.45, 7) is 3.13. The number of nitrogens with zero attached hydrogens (tertiary/aromatic N) is 1. The SMILES string of the molecule is O=C(Nc1ccc(N2CCOCC2)cc1)[C@H]1C[C@@H]1c1ccc(C(F)(F)F)cc1. The molecule has 1 aliphatic carbocycles. The number of anilines is 2. The third kappa shape index (κ3) is 4.14. The van der Waals surface area contributed by atoms with Crippen LogP contribution >= 0.6 is 0 Å². The van der Waals surface area contributed by atoms with Gasteiger partial charge in [0.05, 0.1) is 18.8 Å². The van der Waals surface area contributed by atoms with Gasteiger partial charge in [0, 0.05) is 30.4 Å². The van der Waals surface area contributed by atoms with Crippen LogP contribution in [0.2, 0.25) is 0 Å². The Bertz CT molecular complexity index is 828. The summed E-state index contributed by atoms with van der Waals surface area (Å²) in [7, 11) is 0. The average molecular weight is 390 g/mol. The Kier molecular flexibility index (Phi) is 5.02. The number of carbonyl (C=O) groups is 1. The molecule has 1 saturated heterocycles. The van der Waals surface area contributed by atoms with Gasteiger partial charge < -0.3 is 15.0 Å². The Morgan fingerprint density at radius 2 is 1.64 bits per heavy atom. The van der Waals surface area contributed by atoms with Gasteiger partial charge in [0.15, 0.2) is 0 Å². The van der Waals surface area contributed by atoms with Gasteiger partial charge in [-0.3, -0.25) is 4.79 Å². The second-order valence-electron chi connectivity index (χ2n) is 7.20. The molecule has 2 fully saturated rings. The molecular weight excluding hydrogens is 369 g/mol. The van der Waals surface area contributed by atoms with E-state index in [2.05, 4.69) is 10.2 Å². The summed E-state index contributed by atoms with van der Waals surface area (Å²) in [5.74, 6) is -0.311. The Morgan fingerprint density at radius 1 is 1.00 bits per heavy atom. The highest BCUT2D eigenvalue weighted by atomic mass is 19.4. The minimum Gasteiger partial charge on any atom is -0.378 e. The third-order valence-corrected chi connectivity index (χ3v) is 5.30. The number of amides is 1. The van der Waals surface area contributed by atoms with Crippen LogP contribution in [-0.2, 0) is 15.7 Å². The van der Waals surface area contributed by atoms with Crippen molar-refractivity contribution < 1.29 is 22.7 Å². The Hall–Kier alpha value is -2.54. The third-order valence-electron chi connectivity index (χ3n) is 5.30. The van der Waals surface area contributed by atoms with E-state index in [1.807, 2.05) is 24.3 Å². The lowest BCUT2D eigenvalue weighted by Crippen LogP contribution is -2.36. The van der Waals surface area contributed by atoms with E-state index in [0.29, 0.717) is 19.6 Å². The van der Waals surface area contributed by atoms with Crippen molar-refractivity contribution >= 4 is 17.3 Å².